The van der Waals surface area contributed by atoms with Gasteiger partial charge in [-0.05, 0) is 58.6 Å². The van der Waals surface area contributed by atoms with Gasteiger partial charge in [0.2, 0.25) is 5.91 Å². The third-order valence-corrected chi connectivity index (χ3v) is 7.82. The predicted octanol–water partition coefficient (Wildman–Crippen LogP) is 5.96. The Morgan fingerprint density at radius 1 is 1.04 bits per heavy atom. The minimum absolute atomic E-state index is 0.0934. The van der Waals surface area contributed by atoms with Gasteiger partial charge < -0.3 is 24.9 Å². The third-order valence-electron chi connectivity index (χ3n) is 7.53. The summed E-state index contributed by atoms with van der Waals surface area (Å²) in [4.78, 5) is 29.5. The molecule has 0 aliphatic rings. The van der Waals surface area contributed by atoms with Crippen LogP contribution in [0.15, 0.2) is 47.3 Å². The SMILES string of the molecule is COc1ccc(-c2ocnc2C(=O)NCCCn2cc(CNC(=O)CCc3cc(C(C)(C)C)c(O)c(C(C)(C)C)c3)nn2)cc1Cl. The van der Waals surface area contributed by atoms with E-state index in [4.69, 9.17) is 20.8 Å². The minimum atomic E-state index is -0.366. The number of aromatic nitrogens is 4. The number of aromatic hydroxyl groups is 1. The molecule has 0 atom stereocenters. The van der Waals surface area contributed by atoms with E-state index < -0.39 is 0 Å². The average molecular weight is 651 g/mol. The number of methoxy groups -OCH3 is 1. The molecule has 0 aliphatic heterocycles. The number of carbonyl (C=O) groups excluding carboxylic acids is 2. The van der Waals surface area contributed by atoms with Crippen molar-refractivity contribution in [2.75, 3.05) is 13.7 Å². The Labute approximate surface area is 274 Å². The van der Waals surface area contributed by atoms with E-state index in [1.165, 1.54) is 13.5 Å². The van der Waals surface area contributed by atoms with Gasteiger partial charge in [0.15, 0.2) is 17.8 Å². The van der Waals surface area contributed by atoms with Crippen LogP contribution in [0.1, 0.15) is 87.3 Å². The predicted molar refractivity (Wildman–Crippen MR) is 176 cm³/mol. The van der Waals surface area contributed by atoms with Gasteiger partial charge in [0.1, 0.15) is 17.2 Å². The van der Waals surface area contributed by atoms with Crippen molar-refractivity contribution in [3.05, 3.63) is 76.0 Å². The zero-order chi connectivity index (χ0) is 33.6. The van der Waals surface area contributed by atoms with E-state index in [9.17, 15) is 14.7 Å². The maximum Gasteiger partial charge on any atom is 0.273 e. The molecular weight excluding hydrogens is 608 g/mol. The summed E-state index contributed by atoms with van der Waals surface area (Å²) in [7, 11) is 1.53. The van der Waals surface area contributed by atoms with Gasteiger partial charge in [-0.1, -0.05) is 70.5 Å². The Bertz CT molecular complexity index is 1650. The smallest absolute Gasteiger partial charge is 0.273 e. The van der Waals surface area contributed by atoms with Crippen LogP contribution >= 0.6 is 11.6 Å². The number of nitrogens with one attached hydrogen (secondary N) is 2. The van der Waals surface area contributed by atoms with Gasteiger partial charge in [-0.25, -0.2) is 4.98 Å². The first-order valence-corrected chi connectivity index (χ1v) is 15.6. The van der Waals surface area contributed by atoms with Crippen molar-refractivity contribution in [3.8, 4) is 22.8 Å². The molecule has 0 bridgehead atoms. The van der Waals surface area contributed by atoms with Crippen molar-refractivity contribution in [2.45, 2.75) is 84.7 Å². The van der Waals surface area contributed by atoms with E-state index in [-0.39, 0.29) is 34.9 Å². The lowest BCUT2D eigenvalue weighted by molar-refractivity contribution is -0.121. The molecule has 11 nitrogen and oxygen atoms in total. The largest absolute Gasteiger partial charge is 0.507 e. The molecule has 12 heteroatoms. The van der Waals surface area contributed by atoms with Gasteiger partial charge in [-0.2, -0.15) is 0 Å². The van der Waals surface area contributed by atoms with E-state index in [0.29, 0.717) is 65.9 Å². The lowest BCUT2D eigenvalue weighted by Crippen LogP contribution is -2.26. The Morgan fingerprint density at radius 3 is 2.37 bits per heavy atom. The maximum absolute atomic E-state index is 12.8. The summed E-state index contributed by atoms with van der Waals surface area (Å²) in [5.74, 6) is 0.707. The number of hydrogen-bond donors (Lipinski definition) is 3. The summed E-state index contributed by atoms with van der Waals surface area (Å²) in [5.41, 5.74) is 3.74. The fourth-order valence-electron chi connectivity index (χ4n) is 4.99. The molecule has 4 rings (SSSR count). The van der Waals surface area contributed by atoms with Gasteiger partial charge in [0.25, 0.3) is 5.91 Å². The first kappa shape index (κ1) is 34.5. The molecule has 0 saturated heterocycles. The average Bonchev–Trinajstić information content (AvgIpc) is 3.66. The Hall–Kier alpha value is -4.38. The summed E-state index contributed by atoms with van der Waals surface area (Å²) in [6.45, 7) is 13.6. The van der Waals surface area contributed by atoms with Crippen LogP contribution in [-0.4, -0.2) is 50.6 Å². The summed E-state index contributed by atoms with van der Waals surface area (Å²) in [6.07, 6.45) is 4.46. The summed E-state index contributed by atoms with van der Waals surface area (Å²) in [6, 6.07) is 9.11. The highest BCUT2D eigenvalue weighted by Gasteiger charge is 2.26. The maximum atomic E-state index is 12.8. The Kier molecular flexibility index (Phi) is 10.8. The summed E-state index contributed by atoms with van der Waals surface area (Å²) in [5, 5.41) is 25.4. The van der Waals surface area contributed by atoms with E-state index >= 15 is 0 Å². The number of benzene rings is 2. The zero-order valence-electron chi connectivity index (χ0n) is 27.5. The second-order valence-corrected chi connectivity index (χ2v) is 13.7. The molecule has 0 radical (unpaired) electrons. The van der Waals surface area contributed by atoms with Gasteiger partial charge in [-0.15, -0.1) is 5.10 Å². The number of amides is 2. The Balaban J connectivity index is 1.23. The number of phenols is 1. The second kappa shape index (κ2) is 14.4. The van der Waals surface area contributed by atoms with Crippen molar-refractivity contribution in [1.82, 2.24) is 30.6 Å². The highest BCUT2D eigenvalue weighted by atomic mass is 35.5. The normalized spacial score (nSPS) is 11.8. The molecule has 0 spiro atoms. The quantitative estimate of drug-likeness (QED) is 0.159. The van der Waals surface area contributed by atoms with Gasteiger partial charge in [0, 0.05) is 25.1 Å². The number of carbonyl (C=O) groups is 2. The van der Waals surface area contributed by atoms with Gasteiger partial charge in [-0.3, -0.25) is 14.3 Å². The van der Waals surface area contributed by atoms with Gasteiger partial charge >= 0.3 is 0 Å². The zero-order valence-corrected chi connectivity index (χ0v) is 28.3. The molecule has 0 fully saturated rings. The minimum Gasteiger partial charge on any atom is -0.507 e. The number of ether oxygens (including phenoxy) is 1. The van der Waals surface area contributed by atoms with Crippen LogP contribution in [0.25, 0.3) is 11.3 Å². The van der Waals surface area contributed by atoms with Crippen LogP contribution in [0.4, 0.5) is 0 Å². The number of aryl methyl sites for hydroxylation is 2. The number of phenolic OH excluding ortho intramolecular Hbond substituents is 1. The van der Waals surface area contributed by atoms with E-state index in [0.717, 1.165) is 16.7 Å². The second-order valence-electron chi connectivity index (χ2n) is 13.3. The van der Waals surface area contributed by atoms with Crippen LogP contribution in [0.3, 0.4) is 0 Å². The summed E-state index contributed by atoms with van der Waals surface area (Å²) >= 11 is 6.22. The number of hydrogen-bond acceptors (Lipinski definition) is 8. The molecule has 2 heterocycles. The molecule has 46 heavy (non-hydrogen) atoms. The molecular formula is C34H43ClN6O5. The molecule has 246 valence electrons. The lowest BCUT2D eigenvalue weighted by Gasteiger charge is -2.28. The fourth-order valence-corrected chi connectivity index (χ4v) is 5.25. The van der Waals surface area contributed by atoms with Crippen LogP contribution in [0.2, 0.25) is 5.02 Å². The topological polar surface area (TPSA) is 144 Å². The van der Waals surface area contributed by atoms with Gasteiger partial charge in [0.05, 0.1) is 24.9 Å². The molecule has 0 saturated carbocycles. The van der Waals surface area contributed by atoms with Crippen molar-refractivity contribution >= 4 is 23.4 Å². The van der Waals surface area contributed by atoms with E-state index in [1.54, 1.807) is 29.1 Å². The van der Waals surface area contributed by atoms with Crippen molar-refractivity contribution in [2.24, 2.45) is 0 Å². The molecule has 4 aromatic rings. The number of nitrogens with zero attached hydrogens (tertiary/aromatic N) is 4. The first-order chi connectivity index (χ1) is 21.7. The highest BCUT2D eigenvalue weighted by Crippen LogP contribution is 2.40. The monoisotopic (exact) mass is 650 g/mol. The molecule has 3 N–H and O–H groups in total. The fraction of sp³-hybridized carbons (Fsp3) is 0.441. The van der Waals surface area contributed by atoms with Crippen molar-refractivity contribution in [3.63, 3.8) is 0 Å². The lowest BCUT2D eigenvalue weighted by atomic mass is 9.78. The van der Waals surface area contributed by atoms with Crippen molar-refractivity contribution in [1.29, 1.82) is 0 Å². The van der Waals surface area contributed by atoms with Crippen molar-refractivity contribution < 1.29 is 23.8 Å². The molecule has 0 aliphatic carbocycles. The number of rotatable bonds is 12. The first-order valence-electron chi connectivity index (χ1n) is 15.3. The number of oxazole rings is 1. The van der Waals surface area contributed by atoms with Crippen LogP contribution in [0.5, 0.6) is 11.5 Å². The molecule has 2 amide bonds. The summed E-state index contributed by atoms with van der Waals surface area (Å²) < 4.78 is 12.3. The molecule has 0 unspecified atom stereocenters. The third kappa shape index (κ3) is 8.66. The van der Waals surface area contributed by atoms with Crippen LogP contribution in [-0.2, 0) is 35.1 Å². The van der Waals surface area contributed by atoms with E-state index in [2.05, 4.69) is 67.5 Å². The molecule has 2 aromatic heterocycles. The standard InChI is InChI=1S/C34H43ClN6O5/c1-33(2,3)24-15-21(16-25(30(24)43)34(4,5)6)9-12-28(42)37-18-23-19-41(40-39-23)14-8-13-36-32(44)29-31(46-20-38-29)22-10-11-27(45-7)26(35)17-22/h10-11,15-17,19-20,43H,8-9,12-14,18H2,1-7H3,(H,36,44)(H,37,42). The Morgan fingerprint density at radius 2 is 1.74 bits per heavy atom. The van der Waals surface area contributed by atoms with Crippen LogP contribution < -0.4 is 15.4 Å². The van der Waals surface area contributed by atoms with E-state index in [1.807, 2.05) is 12.1 Å². The number of halogens is 1. The molecule has 2 aromatic carbocycles. The van der Waals surface area contributed by atoms with Crippen LogP contribution in [0, 0.1) is 0 Å². The highest BCUT2D eigenvalue weighted by molar-refractivity contribution is 6.32.